The molecule has 138 valence electrons. The van der Waals surface area contributed by atoms with E-state index in [0.29, 0.717) is 18.4 Å². The quantitative estimate of drug-likeness (QED) is 0.855. The zero-order chi connectivity index (χ0) is 17.6. The van der Waals surface area contributed by atoms with E-state index in [2.05, 4.69) is 22.3 Å². The number of anilines is 1. The Labute approximate surface area is 151 Å². The van der Waals surface area contributed by atoms with Crippen molar-refractivity contribution in [3.63, 3.8) is 0 Å². The SMILES string of the molecule is CC(O)C1CCN(CC(=O)Nc2ccc(C3CCCCC3)cc2)CC1. The molecular formula is C21H32N2O2. The lowest BCUT2D eigenvalue weighted by molar-refractivity contribution is -0.117. The topological polar surface area (TPSA) is 52.6 Å². The molecule has 1 saturated heterocycles. The molecule has 4 nitrogen and oxygen atoms in total. The van der Waals surface area contributed by atoms with Crippen LogP contribution in [-0.2, 0) is 4.79 Å². The summed E-state index contributed by atoms with van der Waals surface area (Å²) in [6.45, 7) is 4.09. The van der Waals surface area contributed by atoms with Gasteiger partial charge in [0.05, 0.1) is 12.6 Å². The normalized spacial score (nSPS) is 21.8. The van der Waals surface area contributed by atoms with Gasteiger partial charge in [-0.15, -0.1) is 0 Å². The number of nitrogens with zero attached hydrogens (tertiary/aromatic N) is 1. The summed E-state index contributed by atoms with van der Waals surface area (Å²) >= 11 is 0. The molecule has 1 aromatic carbocycles. The zero-order valence-corrected chi connectivity index (χ0v) is 15.4. The van der Waals surface area contributed by atoms with E-state index in [1.165, 1.54) is 37.7 Å². The van der Waals surface area contributed by atoms with Gasteiger partial charge in [0.2, 0.25) is 5.91 Å². The van der Waals surface area contributed by atoms with Crippen LogP contribution in [0.5, 0.6) is 0 Å². The van der Waals surface area contributed by atoms with E-state index in [0.717, 1.165) is 31.6 Å². The molecule has 2 N–H and O–H groups in total. The van der Waals surface area contributed by atoms with Gasteiger partial charge in [0, 0.05) is 5.69 Å². The van der Waals surface area contributed by atoms with Crippen molar-refractivity contribution in [2.75, 3.05) is 25.0 Å². The van der Waals surface area contributed by atoms with Gasteiger partial charge in [-0.1, -0.05) is 31.4 Å². The Balaban J connectivity index is 1.45. The Hall–Kier alpha value is -1.39. The molecule has 0 radical (unpaired) electrons. The molecule has 0 aromatic heterocycles. The van der Waals surface area contributed by atoms with Crippen LogP contribution in [0.1, 0.15) is 63.4 Å². The van der Waals surface area contributed by atoms with Crippen molar-refractivity contribution in [3.8, 4) is 0 Å². The maximum absolute atomic E-state index is 12.3. The molecule has 1 atom stereocenters. The molecule has 2 fully saturated rings. The highest BCUT2D eigenvalue weighted by atomic mass is 16.3. The molecular weight excluding hydrogens is 312 g/mol. The number of amides is 1. The van der Waals surface area contributed by atoms with Crippen LogP contribution in [0.4, 0.5) is 5.69 Å². The summed E-state index contributed by atoms with van der Waals surface area (Å²) in [5, 5.41) is 12.7. The van der Waals surface area contributed by atoms with Crippen LogP contribution in [-0.4, -0.2) is 41.7 Å². The van der Waals surface area contributed by atoms with Crippen LogP contribution in [0, 0.1) is 5.92 Å². The fourth-order valence-electron chi connectivity index (χ4n) is 4.27. The Morgan fingerprint density at radius 2 is 1.76 bits per heavy atom. The molecule has 25 heavy (non-hydrogen) atoms. The molecule has 2 aliphatic rings. The maximum atomic E-state index is 12.3. The van der Waals surface area contributed by atoms with Crippen molar-refractivity contribution in [3.05, 3.63) is 29.8 Å². The molecule has 1 saturated carbocycles. The first-order chi connectivity index (χ1) is 12.1. The fourth-order valence-corrected chi connectivity index (χ4v) is 4.27. The van der Waals surface area contributed by atoms with E-state index >= 15 is 0 Å². The summed E-state index contributed by atoms with van der Waals surface area (Å²) in [5.41, 5.74) is 2.31. The van der Waals surface area contributed by atoms with Crippen molar-refractivity contribution in [1.29, 1.82) is 0 Å². The lowest BCUT2D eigenvalue weighted by Crippen LogP contribution is -2.41. The largest absolute Gasteiger partial charge is 0.393 e. The van der Waals surface area contributed by atoms with Gasteiger partial charge < -0.3 is 10.4 Å². The summed E-state index contributed by atoms with van der Waals surface area (Å²) < 4.78 is 0. The third-order valence-corrected chi connectivity index (χ3v) is 5.95. The second-order valence-corrected chi connectivity index (χ2v) is 7.86. The van der Waals surface area contributed by atoms with E-state index in [9.17, 15) is 9.90 Å². The summed E-state index contributed by atoms with van der Waals surface area (Å²) in [6, 6.07) is 8.45. The van der Waals surface area contributed by atoms with Crippen molar-refractivity contribution in [2.24, 2.45) is 5.92 Å². The molecule has 0 spiro atoms. The number of carbonyl (C=O) groups excluding carboxylic acids is 1. The van der Waals surface area contributed by atoms with Crippen LogP contribution in [0.3, 0.4) is 0 Å². The summed E-state index contributed by atoms with van der Waals surface area (Å²) in [4.78, 5) is 14.5. The Morgan fingerprint density at radius 1 is 1.12 bits per heavy atom. The monoisotopic (exact) mass is 344 g/mol. The molecule has 4 heteroatoms. The van der Waals surface area contributed by atoms with E-state index in [-0.39, 0.29) is 12.0 Å². The number of aliphatic hydroxyl groups excluding tert-OH is 1. The van der Waals surface area contributed by atoms with Crippen LogP contribution in [0.2, 0.25) is 0 Å². The highest BCUT2D eigenvalue weighted by molar-refractivity contribution is 5.92. The summed E-state index contributed by atoms with van der Waals surface area (Å²) in [5.74, 6) is 1.14. The second-order valence-electron chi connectivity index (χ2n) is 7.86. The van der Waals surface area contributed by atoms with Crippen molar-refractivity contribution < 1.29 is 9.90 Å². The Kier molecular flexibility index (Phi) is 6.49. The molecule has 1 aromatic rings. The van der Waals surface area contributed by atoms with Gasteiger partial charge in [0.25, 0.3) is 0 Å². The van der Waals surface area contributed by atoms with Crippen LogP contribution >= 0.6 is 0 Å². The van der Waals surface area contributed by atoms with E-state index < -0.39 is 0 Å². The van der Waals surface area contributed by atoms with E-state index in [1.54, 1.807) is 0 Å². The minimum Gasteiger partial charge on any atom is -0.393 e. The number of rotatable bonds is 5. The molecule has 1 unspecified atom stereocenters. The van der Waals surface area contributed by atoms with Crippen molar-refractivity contribution in [1.82, 2.24) is 4.90 Å². The number of carbonyl (C=O) groups is 1. The standard InChI is InChI=1S/C21H32N2O2/c1-16(24)17-11-13-23(14-12-17)15-21(25)22-20-9-7-19(8-10-20)18-5-3-2-4-6-18/h7-10,16-18,24H,2-6,11-15H2,1H3,(H,22,25). The fraction of sp³-hybridized carbons (Fsp3) is 0.667. The number of benzene rings is 1. The molecule has 3 rings (SSSR count). The van der Waals surface area contributed by atoms with Crippen LogP contribution < -0.4 is 5.32 Å². The molecule has 1 amide bonds. The Morgan fingerprint density at radius 3 is 2.36 bits per heavy atom. The lowest BCUT2D eigenvalue weighted by Gasteiger charge is -2.32. The van der Waals surface area contributed by atoms with Gasteiger partial charge >= 0.3 is 0 Å². The first-order valence-corrected chi connectivity index (χ1v) is 9.92. The van der Waals surface area contributed by atoms with Gasteiger partial charge in [0.15, 0.2) is 0 Å². The summed E-state index contributed by atoms with van der Waals surface area (Å²) in [7, 11) is 0. The molecule has 0 bridgehead atoms. The average Bonchev–Trinajstić information content (AvgIpc) is 2.63. The Bertz CT molecular complexity index is 542. The lowest BCUT2D eigenvalue weighted by atomic mass is 9.84. The average molecular weight is 344 g/mol. The smallest absolute Gasteiger partial charge is 0.238 e. The first-order valence-electron chi connectivity index (χ1n) is 9.92. The zero-order valence-electron chi connectivity index (χ0n) is 15.4. The number of nitrogens with one attached hydrogen (secondary N) is 1. The van der Waals surface area contributed by atoms with Crippen LogP contribution in [0.15, 0.2) is 24.3 Å². The third kappa shape index (κ3) is 5.29. The molecule has 1 aliphatic carbocycles. The van der Waals surface area contributed by atoms with Gasteiger partial charge in [-0.3, -0.25) is 9.69 Å². The predicted octanol–water partition coefficient (Wildman–Crippen LogP) is 3.77. The number of hydrogen-bond acceptors (Lipinski definition) is 3. The summed E-state index contributed by atoms with van der Waals surface area (Å²) in [6.07, 6.45) is 8.37. The van der Waals surface area contributed by atoms with E-state index in [4.69, 9.17) is 0 Å². The van der Waals surface area contributed by atoms with Gasteiger partial charge in [-0.2, -0.15) is 0 Å². The van der Waals surface area contributed by atoms with Crippen molar-refractivity contribution >= 4 is 11.6 Å². The van der Waals surface area contributed by atoms with Gasteiger partial charge in [0.1, 0.15) is 0 Å². The minimum atomic E-state index is -0.237. The number of aliphatic hydroxyl groups is 1. The maximum Gasteiger partial charge on any atom is 0.238 e. The number of likely N-dealkylation sites (tertiary alicyclic amines) is 1. The molecule has 1 heterocycles. The van der Waals surface area contributed by atoms with Gasteiger partial charge in [-0.25, -0.2) is 0 Å². The van der Waals surface area contributed by atoms with Crippen molar-refractivity contribution in [2.45, 2.75) is 63.9 Å². The molecule has 1 aliphatic heterocycles. The highest BCUT2D eigenvalue weighted by Crippen LogP contribution is 2.33. The second kappa shape index (κ2) is 8.81. The predicted molar refractivity (Wildman–Crippen MR) is 102 cm³/mol. The minimum absolute atomic E-state index is 0.0564. The van der Waals surface area contributed by atoms with Crippen LogP contribution in [0.25, 0.3) is 0 Å². The number of hydrogen-bond donors (Lipinski definition) is 2. The highest BCUT2D eigenvalue weighted by Gasteiger charge is 2.23. The number of piperidine rings is 1. The first kappa shape index (κ1) is 18.4. The van der Waals surface area contributed by atoms with E-state index in [1.807, 2.05) is 19.1 Å². The van der Waals surface area contributed by atoms with Gasteiger partial charge in [-0.05, 0) is 75.2 Å². The third-order valence-electron chi connectivity index (χ3n) is 5.95.